The minimum Gasteiger partial charge on any atom is -0.314 e. The van der Waals surface area contributed by atoms with Crippen LogP contribution in [0.2, 0.25) is 0 Å². The van der Waals surface area contributed by atoms with Crippen molar-refractivity contribution in [1.29, 1.82) is 0 Å². The molecule has 7 aromatic rings. The fourth-order valence-electron chi connectivity index (χ4n) is 9.58. The van der Waals surface area contributed by atoms with Crippen LogP contribution in [0.4, 0.5) is 11.4 Å². The van der Waals surface area contributed by atoms with E-state index in [2.05, 4.69) is 244 Å². The van der Waals surface area contributed by atoms with Gasteiger partial charge in [-0.25, -0.2) is 0 Å². The average Bonchev–Trinajstić information content (AvgIpc) is 3.70. The Morgan fingerprint density at radius 2 is 1.29 bits per heavy atom. The molecule has 0 fully saturated rings. The molecule has 0 N–H and O–H groups in total. The van der Waals surface area contributed by atoms with Crippen molar-refractivity contribution < 1.29 is 0 Å². The Morgan fingerprint density at radius 1 is 0.556 bits per heavy atom. The molecule has 0 unspecified atom stereocenters. The van der Waals surface area contributed by atoms with E-state index in [1.165, 1.54) is 95.0 Å². The molecule has 1 heterocycles. The Labute approximate surface area is 386 Å². The summed E-state index contributed by atoms with van der Waals surface area (Å²) in [7, 11) is 0. The normalized spacial score (nSPS) is 15.0. The van der Waals surface area contributed by atoms with Crippen LogP contribution in [0.1, 0.15) is 54.5 Å². The third kappa shape index (κ3) is 8.55. The number of rotatable bonds is 12. The second-order valence-corrected chi connectivity index (χ2v) is 17.4. The number of para-hydroxylation sites is 2. The molecule has 3 heteroatoms. The number of benzene rings is 6. The maximum atomic E-state index is 2.52. The van der Waals surface area contributed by atoms with E-state index in [1.54, 1.807) is 0 Å². The minimum atomic E-state index is 0.930. The summed E-state index contributed by atoms with van der Waals surface area (Å²) in [6, 6.07) is 56.4. The van der Waals surface area contributed by atoms with Crippen LogP contribution in [0.3, 0.4) is 0 Å². The Balaban J connectivity index is 1.01. The molecule has 2 nitrogen and oxygen atoms in total. The molecule has 308 valence electrons. The lowest BCUT2D eigenvalue weighted by Crippen LogP contribution is -2.20. The molecular weight excluding hydrogens is 876 g/mol. The number of alkyl halides is 1. The quantitative estimate of drug-likeness (QED) is 0.0673. The summed E-state index contributed by atoms with van der Waals surface area (Å²) in [6.45, 7) is 0. The van der Waals surface area contributed by atoms with E-state index >= 15 is 0 Å². The van der Waals surface area contributed by atoms with Crippen LogP contribution in [0.25, 0.3) is 44.4 Å². The van der Waals surface area contributed by atoms with E-state index in [0.717, 1.165) is 49.4 Å². The Morgan fingerprint density at radius 3 is 2.10 bits per heavy atom. The summed E-state index contributed by atoms with van der Waals surface area (Å²) in [5, 5.41) is 1.31. The van der Waals surface area contributed by atoms with Crippen LogP contribution >= 0.6 is 22.6 Å². The van der Waals surface area contributed by atoms with Gasteiger partial charge in [0, 0.05) is 49.4 Å². The summed E-state index contributed by atoms with van der Waals surface area (Å²) in [4.78, 5) is 2.52. The highest BCUT2D eigenvalue weighted by atomic mass is 127. The van der Waals surface area contributed by atoms with Crippen molar-refractivity contribution in [1.82, 2.24) is 4.57 Å². The van der Waals surface area contributed by atoms with Crippen molar-refractivity contribution in [3.63, 3.8) is 0 Å². The number of anilines is 2. The van der Waals surface area contributed by atoms with E-state index in [1.807, 2.05) is 0 Å². The first-order valence-corrected chi connectivity index (χ1v) is 24.0. The molecule has 3 aliphatic rings. The lowest BCUT2D eigenvalue weighted by Gasteiger charge is -2.32. The van der Waals surface area contributed by atoms with Gasteiger partial charge in [-0.15, -0.1) is 0 Å². The standard InChI is InChI=1S/C60H51IN2/c61-41-14-2-1-5-18-44-33-35-45(36-34-44)46-37-39-52(40-38-46)62(57-30-12-10-27-54(57)47-19-6-3-7-20-47)53-26-16-22-49(43-53)48-21-15-23-50(42-48)55-29-17-32-59-60(55)56-28-11-13-31-58(56)63(59)51-24-8-4-9-25-51/h1-2,4-6,8-11,13-16,19-29,31,33-40,42-43H,3,7,12,17-18,30,32,41H2/b5-1-,14-2-. The molecule has 0 saturated carbocycles. The fraction of sp³-hybridized carbons (Fsp3) is 0.133. The molecule has 0 atom stereocenters. The van der Waals surface area contributed by atoms with Gasteiger partial charge in [-0.3, -0.25) is 0 Å². The van der Waals surface area contributed by atoms with Gasteiger partial charge in [0.15, 0.2) is 0 Å². The predicted molar refractivity (Wildman–Crippen MR) is 277 cm³/mol. The maximum Gasteiger partial charge on any atom is 0.0537 e. The molecule has 0 aliphatic heterocycles. The zero-order valence-electron chi connectivity index (χ0n) is 35.6. The number of nitrogens with zero attached hydrogens (tertiary/aromatic N) is 2. The van der Waals surface area contributed by atoms with Crippen LogP contribution in [0.15, 0.2) is 229 Å². The predicted octanol–water partition coefficient (Wildman–Crippen LogP) is 16.5. The Kier molecular flexibility index (Phi) is 12.2. The van der Waals surface area contributed by atoms with Crippen LogP contribution in [-0.2, 0) is 12.8 Å². The number of fused-ring (bicyclic) bond motifs is 3. The van der Waals surface area contributed by atoms with Crippen molar-refractivity contribution in [2.45, 2.75) is 44.9 Å². The van der Waals surface area contributed by atoms with Gasteiger partial charge in [-0.1, -0.05) is 186 Å². The van der Waals surface area contributed by atoms with Gasteiger partial charge < -0.3 is 9.47 Å². The van der Waals surface area contributed by atoms with Gasteiger partial charge in [0.05, 0.1) is 5.52 Å². The Bertz CT molecular complexity index is 2980. The fourth-order valence-corrected chi connectivity index (χ4v) is 9.87. The molecule has 0 saturated heterocycles. The van der Waals surface area contributed by atoms with Gasteiger partial charge in [-0.2, -0.15) is 0 Å². The summed E-state index contributed by atoms with van der Waals surface area (Å²) >= 11 is 2.37. The highest BCUT2D eigenvalue weighted by Crippen LogP contribution is 2.43. The first-order valence-electron chi connectivity index (χ1n) is 22.5. The zero-order chi connectivity index (χ0) is 42.4. The van der Waals surface area contributed by atoms with Gasteiger partial charge in [0.1, 0.15) is 0 Å². The summed E-state index contributed by atoms with van der Waals surface area (Å²) < 4.78 is 3.51. The third-order valence-corrected chi connectivity index (χ3v) is 13.1. The second-order valence-electron chi connectivity index (χ2n) is 16.5. The number of halogens is 1. The second kappa shape index (κ2) is 18.9. The average molecular weight is 927 g/mol. The first-order chi connectivity index (χ1) is 31.2. The lowest BCUT2D eigenvalue weighted by atomic mass is 9.88. The smallest absolute Gasteiger partial charge is 0.0537 e. The zero-order valence-corrected chi connectivity index (χ0v) is 37.8. The van der Waals surface area contributed by atoms with E-state index in [0.29, 0.717) is 0 Å². The monoisotopic (exact) mass is 926 g/mol. The van der Waals surface area contributed by atoms with Crippen molar-refractivity contribution in [2.75, 3.05) is 9.33 Å². The summed E-state index contributed by atoms with van der Waals surface area (Å²) in [5.74, 6) is 0. The number of hydrogen-bond donors (Lipinski definition) is 0. The lowest BCUT2D eigenvalue weighted by molar-refractivity contribution is 0.884. The molecule has 3 aliphatic carbocycles. The molecule has 1 aromatic heterocycles. The van der Waals surface area contributed by atoms with Crippen LogP contribution in [0.5, 0.6) is 0 Å². The van der Waals surface area contributed by atoms with E-state index < -0.39 is 0 Å². The first kappa shape index (κ1) is 40.6. The highest BCUT2D eigenvalue weighted by molar-refractivity contribution is 14.1. The maximum absolute atomic E-state index is 2.52. The number of aromatic nitrogens is 1. The highest BCUT2D eigenvalue weighted by Gasteiger charge is 2.25. The summed E-state index contributed by atoms with van der Waals surface area (Å²) in [5.41, 5.74) is 20.3. The summed E-state index contributed by atoms with van der Waals surface area (Å²) in [6.07, 6.45) is 30.0. The molecule has 6 aromatic carbocycles. The molecule has 10 rings (SSSR count). The van der Waals surface area contributed by atoms with Crippen molar-refractivity contribution in [3.05, 3.63) is 252 Å². The SMILES string of the molecule is IC/C=C\C=C/Cc1ccc(-c2ccc(N(C3=C(C4=CCCC=C4)C=CCC3)c3cccc(-c4cccc(C5=CCCc6c5c5ccccc5n6-c5ccccc5)c4)c3)cc2)cc1. The van der Waals surface area contributed by atoms with Crippen molar-refractivity contribution in [2.24, 2.45) is 0 Å². The van der Waals surface area contributed by atoms with Crippen LogP contribution in [-0.4, -0.2) is 8.99 Å². The van der Waals surface area contributed by atoms with Gasteiger partial charge in [0.2, 0.25) is 0 Å². The van der Waals surface area contributed by atoms with E-state index in [9.17, 15) is 0 Å². The van der Waals surface area contributed by atoms with Crippen LogP contribution in [0, 0.1) is 0 Å². The molecule has 0 bridgehead atoms. The van der Waals surface area contributed by atoms with Crippen LogP contribution < -0.4 is 4.90 Å². The van der Waals surface area contributed by atoms with E-state index in [-0.39, 0.29) is 0 Å². The van der Waals surface area contributed by atoms with E-state index in [4.69, 9.17) is 0 Å². The van der Waals surface area contributed by atoms with Gasteiger partial charge >= 0.3 is 0 Å². The minimum absolute atomic E-state index is 0.930. The van der Waals surface area contributed by atoms with Crippen molar-refractivity contribution in [3.8, 4) is 27.9 Å². The molecular formula is C60H51IN2. The topological polar surface area (TPSA) is 8.17 Å². The molecule has 0 radical (unpaired) electrons. The number of hydrogen-bond acceptors (Lipinski definition) is 1. The largest absolute Gasteiger partial charge is 0.314 e. The third-order valence-electron chi connectivity index (χ3n) is 12.6. The molecule has 0 amide bonds. The molecule has 0 spiro atoms. The van der Waals surface area contributed by atoms with Gasteiger partial charge in [-0.05, 0) is 138 Å². The number of allylic oxidation sites excluding steroid dienone is 13. The van der Waals surface area contributed by atoms with Gasteiger partial charge in [0.25, 0.3) is 0 Å². The Hall–Kier alpha value is -6.43. The van der Waals surface area contributed by atoms with Crippen molar-refractivity contribution >= 4 is 50.4 Å². The molecule has 63 heavy (non-hydrogen) atoms.